The first-order valence-electron chi connectivity index (χ1n) is 6.97. The first-order chi connectivity index (χ1) is 8.29. The summed E-state index contributed by atoms with van der Waals surface area (Å²) in [5.41, 5.74) is 3.02. The number of nitrogens with two attached hydrogens (primary N) is 1. The summed E-state index contributed by atoms with van der Waals surface area (Å²) in [5, 5.41) is 0. The molecule has 3 atom stereocenters. The van der Waals surface area contributed by atoms with E-state index in [-0.39, 0.29) is 5.60 Å². The Balaban J connectivity index is 1.90. The van der Waals surface area contributed by atoms with E-state index in [4.69, 9.17) is 15.3 Å². The highest BCUT2D eigenvalue weighted by molar-refractivity contribution is 4.93. The van der Waals surface area contributed by atoms with Crippen LogP contribution in [0.5, 0.6) is 0 Å². The lowest BCUT2D eigenvalue weighted by Gasteiger charge is -2.40. The molecule has 0 aromatic rings. The molecule has 0 aliphatic carbocycles. The van der Waals surface area contributed by atoms with Crippen molar-refractivity contribution in [2.24, 2.45) is 11.8 Å². The molecule has 2 aliphatic rings. The molecule has 4 heteroatoms. The zero-order chi connectivity index (χ0) is 12.1. The summed E-state index contributed by atoms with van der Waals surface area (Å²) < 4.78 is 11.5. The van der Waals surface area contributed by atoms with Gasteiger partial charge in [-0.05, 0) is 25.2 Å². The van der Waals surface area contributed by atoms with Gasteiger partial charge in [-0.2, -0.15) is 0 Å². The van der Waals surface area contributed by atoms with E-state index < -0.39 is 0 Å². The molecule has 17 heavy (non-hydrogen) atoms. The van der Waals surface area contributed by atoms with Crippen LogP contribution in [-0.4, -0.2) is 31.5 Å². The molecule has 100 valence electrons. The molecule has 0 aromatic carbocycles. The number of hydrogen-bond acceptors (Lipinski definition) is 4. The van der Waals surface area contributed by atoms with Crippen LogP contribution in [0.3, 0.4) is 0 Å². The maximum atomic E-state index is 5.96. The van der Waals surface area contributed by atoms with E-state index in [9.17, 15) is 0 Å². The number of unbranched alkanes of at least 4 members (excludes halogenated alkanes) is 1. The Hall–Kier alpha value is -0.160. The van der Waals surface area contributed by atoms with Crippen molar-refractivity contribution in [3.8, 4) is 0 Å². The summed E-state index contributed by atoms with van der Waals surface area (Å²) >= 11 is 0. The first kappa shape index (κ1) is 13.3. The lowest BCUT2D eigenvalue weighted by Crippen LogP contribution is -2.49. The molecule has 2 aliphatic heterocycles. The van der Waals surface area contributed by atoms with Crippen LogP contribution in [0.2, 0.25) is 0 Å². The van der Waals surface area contributed by atoms with Gasteiger partial charge < -0.3 is 9.47 Å². The average Bonchev–Trinajstić information content (AvgIpc) is 2.78. The van der Waals surface area contributed by atoms with Crippen molar-refractivity contribution in [3.05, 3.63) is 0 Å². The van der Waals surface area contributed by atoms with Gasteiger partial charge in [0.25, 0.3) is 0 Å². The molecule has 0 radical (unpaired) electrons. The molecule has 2 fully saturated rings. The second-order valence-corrected chi connectivity index (χ2v) is 5.50. The van der Waals surface area contributed by atoms with Crippen molar-refractivity contribution in [2.45, 2.75) is 57.1 Å². The van der Waals surface area contributed by atoms with E-state index in [1.807, 2.05) is 0 Å². The largest absolute Gasteiger partial charge is 0.378 e. The second-order valence-electron chi connectivity index (χ2n) is 5.50. The van der Waals surface area contributed by atoms with Crippen LogP contribution in [-0.2, 0) is 9.47 Å². The van der Waals surface area contributed by atoms with E-state index in [1.165, 1.54) is 19.3 Å². The Morgan fingerprint density at radius 1 is 1.47 bits per heavy atom. The molecular formula is C13H26N2O2. The summed E-state index contributed by atoms with van der Waals surface area (Å²) in [6, 6.07) is 0.441. The topological polar surface area (TPSA) is 56.5 Å². The van der Waals surface area contributed by atoms with E-state index >= 15 is 0 Å². The zero-order valence-corrected chi connectivity index (χ0v) is 10.9. The fourth-order valence-corrected chi connectivity index (χ4v) is 3.15. The third kappa shape index (κ3) is 3.19. The molecule has 3 N–H and O–H groups in total. The molecule has 0 bridgehead atoms. The number of ether oxygens (including phenoxy) is 2. The molecule has 0 amide bonds. The molecular weight excluding hydrogens is 216 g/mol. The lowest BCUT2D eigenvalue weighted by atomic mass is 9.80. The van der Waals surface area contributed by atoms with E-state index in [1.54, 1.807) is 0 Å². The van der Waals surface area contributed by atoms with Crippen molar-refractivity contribution >= 4 is 0 Å². The van der Waals surface area contributed by atoms with Crippen LogP contribution in [0, 0.1) is 5.92 Å². The second kappa shape index (κ2) is 6.14. The molecule has 0 saturated carbocycles. The fraction of sp³-hybridized carbons (Fsp3) is 1.00. The van der Waals surface area contributed by atoms with Crippen LogP contribution in [0.25, 0.3) is 0 Å². The number of nitrogens with one attached hydrogen (secondary N) is 1. The number of hydrogen-bond donors (Lipinski definition) is 2. The normalized spacial score (nSPS) is 35.3. The van der Waals surface area contributed by atoms with Gasteiger partial charge >= 0.3 is 0 Å². The molecule has 2 heterocycles. The number of rotatable bonds is 5. The maximum absolute atomic E-state index is 5.96. The maximum Gasteiger partial charge on any atom is 0.0939 e. The highest BCUT2D eigenvalue weighted by Crippen LogP contribution is 2.37. The van der Waals surface area contributed by atoms with Crippen molar-refractivity contribution in [1.29, 1.82) is 0 Å². The van der Waals surface area contributed by atoms with Gasteiger partial charge in [0.05, 0.1) is 12.2 Å². The van der Waals surface area contributed by atoms with Crippen LogP contribution in [0.15, 0.2) is 0 Å². The lowest BCUT2D eigenvalue weighted by molar-refractivity contribution is -0.103. The minimum atomic E-state index is 0.00420. The molecule has 0 aromatic heterocycles. The highest BCUT2D eigenvalue weighted by Gasteiger charge is 2.42. The average molecular weight is 242 g/mol. The Bertz CT molecular complexity index is 229. The minimum Gasteiger partial charge on any atom is -0.378 e. The third-order valence-electron chi connectivity index (χ3n) is 4.25. The van der Waals surface area contributed by atoms with Gasteiger partial charge in [0, 0.05) is 25.7 Å². The van der Waals surface area contributed by atoms with Gasteiger partial charge in [0.15, 0.2) is 0 Å². The number of hydrazine groups is 1. The summed E-state index contributed by atoms with van der Waals surface area (Å²) in [7, 11) is 0. The van der Waals surface area contributed by atoms with Gasteiger partial charge in [-0.3, -0.25) is 11.3 Å². The molecule has 1 spiro atoms. The van der Waals surface area contributed by atoms with Crippen LogP contribution < -0.4 is 11.3 Å². The van der Waals surface area contributed by atoms with E-state index in [2.05, 4.69) is 12.3 Å². The first-order valence-corrected chi connectivity index (χ1v) is 6.97. The van der Waals surface area contributed by atoms with Gasteiger partial charge in [-0.25, -0.2) is 0 Å². The summed E-state index contributed by atoms with van der Waals surface area (Å²) in [4.78, 5) is 0. The predicted molar refractivity (Wildman–Crippen MR) is 67.5 cm³/mol. The Labute approximate surface area is 104 Å². The van der Waals surface area contributed by atoms with Gasteiger partial charge in [0.2, 0.25) is 0 Å². The van der Waals surface area contributed by atoms with Crippen LogP contribution in [0.4, 0.5) is 0 Å². The van der Waals surface area contributed by atoms with Gasteiger partial charge in [-0.1, -0.05) is 19.8 Å². The highest BCUT2D eigenvalue weighted by atomic mass is 16.6. The zero-order valence-electron chi connectivity index (χ0n) is 10.9. The Kier molecular flexibility index (Phi) is 4.79. The smallest absolute Gasteiger partial charge is 0.0939 e. The fourth-order valence-electron chi connectivity index (χ4n) is 3.15. The Morgan fingerprint density at radius 3 is 3.00 bits per heavy atom. The molecule has 3 unspecified atom stereocenters. The van der Waals surface area contributed by atoms with Crippen LogP contribution in [0.1, 0.15) is 45.4 Å². The molecule has 2 rings (SSSR count). The van der Waals surface area contributed by atoms with Gasteiger partial charge in [-0.15, -0.1) is 0 Å². The third-order valence-corrected chi connectivity index (χ3v) is 4.25. The molecule has 2 saturated heterocycles. The van der Waals surface area contributed by atoms with E-state index in [0.717, 1.165) is 39.1 Å². The monoisotopic (exact) mass is 242 g/mol. The summed E-state index contributed by atoms with van der Waals surface area (Å²) in [6.07, 6.45) is 6.93. The summed E-state index contributed by atoms with van der Waals surface area (Å²) in [5.74, 6) is 6.35. The standard InChI is InChI=1S/C13H26N2O2/c1-2-3-4-12(15-14)11-5-7-17-13(9-11)6-8-16-10-13/h11-12,15H,2-10,14H2,1H3. The van der Waals surface area contributed by atoms with Crippen molar-refractivity contribution in [3.63, 3.8) is 0 Å². The quantitative estimate of drug-likeness (QED) is 0.568. The summed E-state index contributed by atoms with van der Waals surface area (Å²) in [6.45, 7) is 4.71. The van der Waals surface area contributed by atoms with Crippen LogP contribution >= 0.6 is 0 Å². The predicted octanol–water partition coefficient (Wildman–Crippen LogP) is 1.59. The SMILES string of the molecule is CCCCC(NN)C1CCOC2(CCOC2)C1. The van der Waals surface area contributed by atoms with Gasteiger partial charge in [0.1, 0.15) is 0 Å². The van der Waals surface area contributed by atoms with Crippen molar-refractivity contribution in [2.75, 3.05) is 19.8 Å². The Morgan fingerprint density at radius 2 is 2.35 bits per heavy atom. The van der Waals surface area contributed by atoms with Crippen molar-refractivity contribution in [1.82, 2.24) is 5.43 Å². The van der Waals surface area contributed by atoms with E-state index in [0.29, 0.717) is 12.0 Å². The van der Waals surface area contributed by atoms with Crippen molar-refractivity contribution < 1.29 is 9.47 Å². The molecule has 4 nitrogen and oxygen atoms in total. The minimum absolute atomic E-state index is 0.00420.